The monoisotopic (exact) mass is 265 g/mol. The molecular formula is C7H12N3O2PS2. The van der Waals surface area contributed by atoms with Crippen LogP contribution in [0.3, 0.4) is 0 Å². The molecule has 0 amide bonds. The lowest BCUT2D eigenvalue weighted by Crippen LogP contribution is -2.30. The highest BCUT2D eigenvalue weighted by atomic mass is 32.5. The molecule has 8 heteroatoms. The van der Waals surface area contributed by atoms with E-state index in [-0.39, 0.29) is 4.90 Å². The van der Waals surface area contributed by atoms with Gasteiger partial charge in [-0.25, -0.2) is 8.42 Å². The minimum atomic E-state index is -3.67. The Bertz CT molecular complexity index is 482. The Balaban J connectivity index is 3.22. The van der Waals surface area contributed by atoms with Gasteiger partial charge < -0.3 is 0 Å². The fraction of sp³-hybridized carbons (Fsp3) is 0.143. The molecule has 0 heterocycles. The molecule has 0 radical (unpaired) electrons. The van der Waals surface area contributed by atoms with Crippen molar-refractivity contribution < 1.29 is 8.42 Å². The van der Waals surface area contributed by atoms with Crippen molar-refractivity contribution in [3.63, 3.8) is 0 Å². The first-order valence-electron chi connectivity index (χ1n) is 3.98. The Morgan fingerprint density at radius 3 is 2.13 bits per heavy atom. The van der Waals surface area contributed by atoms with Crippen molar-refractivity contribution >= 4 is 28.3 Å². The van der Waals surface area contributed by atoms with Crippen LogP contribution in [0.2, 0.25) is 0 Å². The van der Waals surface area contributed by atoms with Gasteiger partial charge >= 0.3 is 0 Å². The maximum atomic E-state index is 11.9. The summed E-state index contributed by atoms with van der Waals surface area (Å²) < 4.78 is 24.7. The summed E-state index contributed by atoms with van der Waals surface area (Å²) in [5.41, 5.74) is 10.9. The summed E-state index contributed by atoms with van der Waals surface area (Å²) in [5, 5.41) is 0. The molecule has 0 aliphatic carbocycles. The number of rotatable bonds is 3. The minimum absolute atomic E-state index is 0.137. The highest BCUT2D eigenvalue weighted by Gasteiger charge is 2.27. The molecule has 0 atom stereocenters. The topological polar surface area (TPSA) is 89.4 Å². The molecule has 1 aromatic carbocycles. The van der Waals surface area contributed by atoms with E-state index in [1.165, 1.54) is 19.2 Å². The first kappa shape index (κ1) is 12.8. The van der Waals surface area contributed by atoms with Crippen molar-refractivity contribution in [2.75, 3.05) is 7.05 Å². The van der Waals surface area contributed by atoms with Gasteiger partial charge in [0.25, 0.3) is 0 Å². The first-order valence-corrected chi connectivity index (χ1v) is 8.31. The summed E-state index contributed by atoms with van der Waals surface area (Å²) >= 11 is 4.77. The zero-order valence-electron chi connectivity index (χ0n) is 8.07. The van der Waals surface area contributed by atoms with Crippen molar-refractivity contribution in [2.24, 2.45) is 11.0 Å². The van der Waals surface area contributed by atoms with Crippen LogP contribution in [-0.4, -0.2) is 19.5 Å². The normalized spacial score (nSPS) is 13.1. The Hall–Kier alpha value is -0.300. The van der Waals surface area contributed by atoms with Gasteiger partial charge in [0.2, 0.25) is 10.0 Å². The predicted molar refractivity (Wildman–Crippen MR) is 64.1 cm³/mol. The summed E-state index contributed by atoms with van der Waals surface area (Å²) in [6.45, 7) is -2.97. The van der Waals surface area contributed by atoms with E-state index >= 15 is 0 Å². The Kier molecular flexibility index (Phi) is 3.65. The zero-order chi connectivity index (χ0) is 11.7. The van der Waals surface area contributed by atoms with Crippen LogP contribution in [-0.2, 0) is 21.8 Å². The second kappa shape index (κ2) is 4.29. The molecule has 1 rings (SSSR count). The molecule has 5 nitrogen and oxygen atoms in total. The Labute approximate surface area is 94.3 Å². The van der Waals surface area contributed by atoms with Gasteiger partial charge in [-0.15, -0.1) is 4.08 Å². The smallest absolute Gasteiger partial charge is 0.248 e. The van der Waals surface area contributed by atoms with Gasteiger partial charge in [0.15, 0.2) is 0 Å². The Morgan fingerprint density at radius 1 is 1.27 bits per heavy atom. The van der Waals surface area contributed by atoms with Crippen molar-refractivity contribution in [3.8, 4) is 0 Å². The minimum Gasteiger partial charge on any atom is -0.279 e. The van der Waals surface area contributed by atoms with Crippen LogP contribution in [0.4, 0.5) is 0 Å². The van der Waals surface area contributed by atoms with Crippen molar-refractivity contribution in [1.82, 2.24) is 4.08 Å². The second-order valence-electron chi connectivity index (χ2n) is 2.92. The standard InChI is InChI=1S/C7H12N3O2PS2/c1-10(13(8,9)14)15(11,12)7-5-3-2-4-6-7/h2-6H,1H3,(H4,8,9,14). The summed E-state index contributed by atoms with van der Waals surface area (Å²) in [4.78, 5) is 0.137. The van der Waals surface area contributed by atoms with Gasteiger partial charge in [-0.3, -0.25) is 11.0 Å². The lowest BCUT2D eigenvalue weighted by molar-refractivity contribution is 0.561. The van der Waals surface area contributed by atoms with E-state index < -0.39 is 16.5 Å². The lowest BCUT2D eigenvalue weighted by atomic mass is 10.4. The summed E-state index contributed by atoms with van der Waals surface area (Å²) in [6, 6.07) is 7.90. The average molecular weight is 265 g/mol. The molecule has 0 saturated heterocycles. The summed E-state index contributed by atoms with van der Waals surface area (Å²) in [6.07, 6.45) is 0. The SMILES string of the molecule is CN(P(N)(N)=S)S(=O)(=O)c1ccccc1. The van der Waals surface area contributed by atoms with E-state index in [0.717, 1.165) is 4.08 Å². The van der Waals surface area contributed by atoms with E-state index in [1.807, 2.05) is 0 Å². The maximum absolute atomic E-state index is 11.9. The van der Waals surface area contributed by atoms with Gasteiger partial charge in [0.1, 0.15) is 6.49 Å². The Morgan fingerprint density at radius 2 is 1.73 bits per heavy atom. The molecule has 0 aromatic heterocycles. The molecule has 0 bridgehead atoms. The number of nitrogens with zero attached hydrogens (tertiary/aromatic N) is 1. The number of benzene rings is 1. The van der Waals surface area contributed by atoms with Gasteiger partial charge in [-0.1, -0.05) is 18.2 Å². The molecule has 4 N–H and O–H groups in total. The third-order valence-corrected chi connectivity index (χ3v) is 6.77. The third-order valence-electron chi connectivity index (χ3n) is 1.83. The highest BCUT2D eigenvalue weighted by Crippen LogP contribution is 2.35. The zero-order valence-corrected chi connectivity index (χ0v) is 10.6. The van der Waals surface area contributed by atoms with E-state index in [2.05, 4.69) is 0 Å². The van der Waals surface area contributed by atoms with Crippen molar-refractivity contribution in [3.05, 3.63) is 30.3 Å². The van der Waals surface area contributed by atoms with Crippen molar-refractivity contribution in [2.45, 2.75) is 4.90 Å². The molecular weight excluding hydrogens is 253 g/mol. The van der Waals surface area contributed by atoms with E-state index in [1.54, 1.807) is 18.2 Å². The molecule has 0 saturated carbocycles. The fourth-order valence-corrected chi connectivity index (χ4v) is 4.14. The van der Waals surface area contributed by atoms with Gasteiger partial charge in [0, 0.05) is 7.05 Å². The molecule has 0 unspecified atom stereocenters. The van der Waals surface area contributed by atoms with Crippen LogP contribution < -0.4 is 11.0 Å². The summed E-state index contributed by atoms with van der Waals surface area (Å²) in [5.74, 6) is 0. The predicted octanol–water partition coefficient (Wildman–Crippen LogP) is 0.449. The lowest BCUT2D eigenvalue weighted by Gasteiger charge is -2.23. The maximum Gasteiger partial charge on any atom is 0.248 e. The van der Waals surface area contributed by atoms with Crippen LogP contribution >= 0.6 is 6.49 Å². The van der Waals surface area contributed by atoms with Gasteiger partial charge in [-0.05, 0) is 23.9 Å². The quantitative estimate of drug-likeness (QED) is 0.774. The first-order chi connectivity index (χ1) is 6.76. The number of nitrogens with two attached hydrogens (primary N) is 2. The van der Waals surface area contributed by atoms with Crippen molar-refractivity contribution in [1.29, 1.82) is 0 Å². The summed E-state index contributed by atoms with van der Waals surface area (Å²) in [7, 11) is -2.37. The molecule has 0 spiro atoms. The van der Waals surface area contributed by atoms with Crippen LogP contribution in [0.25, 0.3) is 0 Å². The van der Waals surface area contributed by atoms with E-state index in [0.29, 0.717) is 0 Å². The van der Waals surface area contributed by atoms with Crippen LogP contribution in [0.15, 0.2) is 35.2 Å². The molecule has 84 valence electrons. The van der Waals surface area contributed by atoms with Crippen LogP contribution in [0.5, 0.6) is 0 Å². The van der Waals surface area contributed by atoms with E-state index in [4.69, 9.17) is 22.8 Å². The molecule has 0 fully saturated rings. The molecule has 15 heavy (non-hydrogen) atoms. The van der Waals surface area contributed by atoms with Gasteiger partial charge in [0.05, 0.1) is 4.90 Å². The second-order valence-corrected chi connectivity index (χ2v) is 8.86. The average Bonchev–Trinajstić information content (AvgIpc) is 2.16. The third kappa shape index (κ3) is 2.84. The molecule has 0 aliphatic rings. The molecule has 0 aliphatic heterocycles. The highest BCUT2D eigenvalue weighted by molar-refractivity contribution is 8.15. The van der Waals surface area contributed by atoms with Crippen LogP contribution in [0, 0.1) is 0 Å². The van der Waals surface area contributed by atoms with Gasteiger partial charge in [-0.2, -0.15) is 0 Å². The number of hydrogen-bond acceptors (Lipinski definition) is 3. The largest absolute Gasteiger partial charge is 0.279 e. The number of sulfonamides is 1. The van der Waals surface area contributed by atoms with Crippen LogP contribution in [0.1, 0.15) is 0 Å². The number of hydrogen-bond donors (Lipinski definition) is 2. The van der Waals surface area contributed by atoms with E-state index in [9.17, 15) is 8.42 Å². The molecule has 1 aromatic rings. The fourth-order valence-electron chi connectivity index (χ4n) is 0.913.